The summed E-state index contributed by atoms with van der Waals surface area (Å²) >= 11 is 0. The van der Waals surface area contributed by atoms with Gasteiger partial charge in [0.15, 0.2) is 0 Å². The number of alkyl halides is 2. The molecule has 2 aliphatic rings. The van der Waals surface area contributed by atoms with Gasteiger partial charge in [-0.15, -0.1) is 0 Å². The fourth-order valence-electron chi connectivity index (χ4n) is 6.21. The highest BCUT2D eigenvalue weighted by Gasteiger charge is 2.45. The van der Waals surface area contributed by atoms with Crippen molar-refractivity contribution < 1.29 is 32.3 Å². The van der Waals surface area contributed by atoms with Crippen LogP contribution in [0.15, 0.2) is 30.6 Å². The summed E-state index contributed by atoms with van der Waals surface area (Å²) < 4.78 is 46.9. The Morgan fingerprint density at radius 2 is 1.66 bits per heavy atom. The first-order valence-corrected chi connectivity index (χ1v) is 16.4. The maximum absolute atomic E-state index is 15.6. The van der Waals surface area contributed by atoms with Crippen molar-refractivity contribution in [1.82, 2.24) is 30.2 Å². The minimum absolute atomic E-state index is 0.172. The number of carbonyl (C=O) groups excluding carboxylic acids is 4. The van der Waals surface area contributed by atoms with Gasteiger partial charge in [0.1, 0.15) is 17.9 Å². The second-order valence-electron chi connectivity index (χ2n) is 12.7. The third kappa shape index (κ3) is 8.91. The van der Waals surface area contributed by atoms with E-state index in [2.05, 4.69) is 25.9 Å². The second-order valence-corrected chi connectivity index (χ2v) is 12.7. The number of aromatic nitrogens is 2. The first-order valence-electron chi connectivity index (χ1n) is 16.4. The lowest BCUT2D eigenvalue weighted by molar-refractivity contribution is -0.149. The van der Waals surface area contributed by atoms with E-state index in [-0.39, 0.29) is 23.9 Å². The van der Waals surface area contributed by atoms with Gasteiger partial charge in [-0.25, -0.2) is 4.39 Å². The molecule has 4 rings (SSSR count). The van der Waals surface area contributed by atoms with Crippen LogP contribution in [0.4, 0.5) is 18.9 Å². The molecule has 1 aliphatic carbocycles. The van der Waals surface area contributed by atoms with Crippen molar-refractivity contribution in [3.8, 4) is 0 Å². The van der Waals surface area contributed by atoms with Gasteiger partial charge in [0, 0.05) is 51.8 Å². The molecule has 1 aromatic heterocycles. The summed E-state index contributed by atoms with van der Waals surface area (Å²) in [5, 5.41) is 11.3. The van der Waals surface area contributed by atoms with Crippen LogP contribution < -0.4 is 16.0 Å². The summed E-state index contributed by atoms with van der Waals surface area (Å²) in [6, 6.07) is 1.84. The summed E-state index contributed by atoms with van der Waals surface area (Å²) in [5.74, 6) is -8.77. The van der Waals surface area contributed by atoms with E-state index in [1.165, 1.54) is 19.2 Å². The quantitative estimate of drug-likeness (QED) is 0.317. The standard InChI is InChI=1S/C33H46F3N7O4/c1-5-27(44)39-28(31(46)43-16-14-41(3)15-17-43)21(2)23-12-13-26(25(34)18-23)38-30(45)29(22-10-8-6-7-9-11-22)40-32(47)33(35,36)24-19-37-42(4)20-24/h12-13,18-22,28-29H,5-11,14-17H2,1-4H3,(H,38,45)(H,39,44)(H,40,47)/t21-,28+,29-/m0/s1. The first kappa shape index (κ1) is 35.9. The number of aryl methyl sites for hydroxylation is 1. The Morgan fingerprint density at radius 1 is 1.00 bits per heavy atom. The van der Waals surface area contributed by atoms with Crippen LogP contribution in [0.5, 0.6) is 0 Å². The molecule has 4 amide bonds. The number of amides is 4. The van der Waals surface area contributed by atoms with Gasteiger partial charge in [-0.2, -0.15) is 13.9 Å². The molecular weight excluding hydrogens is 615 g/mol. The fourth-order valence-corrected chi connectivity index (χ4v) is 6.21. The molecule has 47 heavy (non-hydrogen) atoms. The van der Waals surface area contributed by atoms with Crippen LogP contribution >= 0.6 is 0 Å². The number of halogens is 3. The van der Waals surface area contributed by atoms with Gasteiger partial charge in [-0.05, 0) is 43.5 Å². The van der Waals surface area contributed by atoms with E-state index in [0.29, 0.717) is 44.6 Å². The molecule has 11 nitrogen and oxygen atoms in total. The van der Waals surface area contributed by atoms with Crippen molar-refractivity contribution in [2.45, 2.75) is 82.7 Å². The van der Waals surface area contributed by atoms with Crippen LogP contribution in [-0.4, -0.2) is 88.5 Å². The lowest BCUT2D eigenvalue weighted by atomic mass is 9.90. The van der Waals surface area contributed by atoms with Crippen molar-refractivity contribution >= 4 is 29.3 Å². The number of piperazine rings is 1. The molecule has 1 aliphatic heterocycles. The van der Waals surface area contributed by atoms with Crippen LogP contribution in [-0.2, 0) is 32.1 Å². The molecule has 3 N–H and O–H groups in total. The lowest BCUT2D eigenvalue weighted by Gasteiger charge is -2.36. The van der Waals surface area contributed by atoms with Gasteiger partial charge in [-0.1, -0.05) is 45.6 Å². The fraction of sp³-hybridized carbons (Fsp3) is 0.606. The number of hydrogen-bond donors (Lipinski definition) is 3. The number of carbonyl (C=O) groups is 4. The van der Waals surface area contributed by atoms with E-state index in [9.17, 15) is 19.2 Å². The second kappa shape index (κ2) is 15.8. The predicted molar refractivity (Wildman–Crippen MR) is 170 cm³/mol. The summed E-state index contributed by atoms with van der Waals surface area (Å²) in [4.78, 5) is 56.2. The normalized spacial score (nSPS) is 18.5. The molecule has 0 spiro atoms. The Balaban J connectivity index is 1.53. The molecule has 0 unspecified atom stereocenters. The van der Waals surface area contributed by atoms with Crippen LogP contribution in [0.1, 0.15) is 75.8 Å². The zero-order chi connectivity index (χ0) is 34.3. The van der Waals surface area contributed by atoms with Gasteiger partial charge in [0.25, 0.3) is 5.91 Å². The summed E-state index contributed by atoms with van der Waals surface area (Å²) in [5.41, 5.74) is -0.376. The van der Waals surface area contributed by atoms with E-state index in [1.807, 2.05) is 7.05 Å². The van der Waals surface area contributed by atoms with Crippen LogP contribution in [0.3, 0.4) is 0 Å². The molecule has 3 atom stereocenters. The molecule has 0 bridgehead atoms. The van der Waals surface area contributed by atoms with E-state index >= 15 is 13.2 Å². The van der Waals surface area contributed by atoms with Crippen LogP contribution in [0.25, 0.3) is 0 Å². The Hall–Kier alpha value is -3.94. The van der Waals surface area contributed by atoms with Gasteiger partial charge in [0.05, 0.1) is 17.4 Å². The van der Waals surface area contributed by atoms with Crippen molar-refractivity contribution in [3.63, 3.8) is 0 Å². The highest BCUT2D eigenvalue weighted by molar-refractivity contribution is 5.98. The highest BCUT2D eigenvalue weighted by atomic mass is 19.3. The number of anilines is 1. The lowest BCUT2D eigenvalue weighted by Crippen LogP contribution is -2.55. The Kier molecular flexibility index (Phi) is 12.0. The molecule has 2 heterocycles. The minimum atomic E-state index is -3.94. The Morgan fingerprint density at radius 3 is 2.23 bits per heavy atom. The summed E-state index contributed by atoms with van der Waals surface area (Å²) in [7, 11) is 3.42. The number of nitrogens with one attached hydrogen (secondary N) is 3. The largest absolute Gasteiger partial charge is 0.352 e. The van der Waals surface area contributed by atoms with Crippen molar-refractivity contribution in [3.05, 3.63) is 47.5 Å². The maximum atomic E-state index is 15.6. The zero-order valence-corrected chi connectivity index (χ0v) is 27.5. The zero-order valence-electron chi connectivity index (χ0n) is 27.5. The molecule has 2 aromatic rings. The van der Waals surface area contributed by atoms with Gasteiger partial charge in [-0.3, -0.25) is 23.9 Å². The van der Waals surface area contributed by atoms with Gasteiger partial charge in [0.2, 0.25) is 17.7 Å². The van der Waals surface area contributed by atoms with E-state index in [1.54, 1.807) is 24.8 Å². The summed E-state index contributed by atoms with van der Waals surface area (Å²) in [6.45, 7) is 5.81. The number of rotatable bonds is 11. The third-order valence-electron chi connectivity index (χ3n) is 9.29. The number of likely N-dealkylation sites (N-methyl/N-ethyl adjacent to an activating group) is 1. The molecule has 14 heteroatoms. The van der Waals surface area contributed by atoms with Crippen molar-refractivity contribution in [2.75, 3.05) is 38.5 Å². The molecule has 0 radical (unpaired) electrons. The summed E-state index contributed by atoms with van der Waals surface area (Å²) in [6.07, 6.45) is 6.59. The van der Waals surface area contributed by atoms with Crippen LogP contribution in [0.2, 0.25) is 0 Å². The Labute approximate surface area is 273 Å². The van der Waals surface area contributed by atoms with Crippen molar-refractivity contribution in [2.24, 2.45) is 13.0 Å². The monoisotopic (exact) mass is 661 g/mol. The minimum Gasteiger partial charge on any atom is -0.344 e. The highest BCUT2D eigenvalue weighted by Crippen LogP contribution is 2.31. The third-order valence-corrected chi connectivity index (χ3v) is 9.29. The maximum Gasteiger partial charge on any atom is 0.352 e. The van der Waals surface area contributed by atoms with E-state index in [0.717, 1.165) is 42.8 Å². The molecule has 1 aromatic carbocycles. The average Bonchev–Trinajstić information content (AvgIpc) is 3.32. The average molecular weight is 662 g/mol. The first-order chi connectivity index (χ1) is 22.3. The molecular formula is C33H46F3N7O4. The van der Waals surface area contributed by atoms with Gasteiger partial charge >= 0.3 is 5.92 Å². The number of benzene rings is 1. The SMILES string of the molecule is CCC(=O)N[C@@H](C(=O)N1CCN(C)CC1)[C@@H](C)c1ccc(NC(=O)[C@@H](NC(=O)C(F)(F)c2cnn(C)c2)C2CCCCCC2)c(F)c1. The molecule has 1 saturated carbocycles. The number of nitrogens with zero attached hydrogens (tertiary/aromatic N) is 4. The molecule has 1 saturated heterocycles. The predicted octanol–water partition coefficient (Wildman–Crippen LogP) is 3.52. The van der Waals surface area contributed by atoms with E-state index < -0.39 is 53.0 Å². The Bertz CT molecular complexity index is 1420. The molecule has 2 fully saturated rings. The van der Waals surface area contributed by atoms with Crippen molar-refractivity contribution in [1.29, 1.82) is 0 Å². The van der Waals surface area contributed by atoms with E-state index in [4.69, 9.17) is 0 Å². The topological polar surface area (TPSA) is 129 Å². The molecule has 258 valence electrons. The number of hydrogen-bond acceptors (Lipinski definition) is 6. The smallest absolute Gasteiger partial charge is 0.344 e. The van der Waals surface area contributed by atoms with Crippen LogP contribution in [0, 0.1) is 11.7 Å². The van der Waals surface area contributed by atoms with Gasteiger partial charge < -0.3 is 25.8 Å².